The highest BCUT2D eigenvalue weighted by Crippen LogP contribution is 2.44. The summed E-state index contributed by atoms with van der Waals surface area (Å²) >= 11 is 0. The van der Waals surface area contributed by atoms with Crippen molar-refractivity contribution >= 4 is 18.0 Å². The lowest BCUT2D eigenvalue weighted by atomic mass is 9.97. The quantitative estimate of drug-likeness (QED) is 0.532. The van der Waals surface area contributed by atoms with Gasteiger partial charge >= 0.3 is 12.1 Å². The molecule has 35 heavy (non-hydrogen) atoms. The molecule has 1 heterocycles. The van der Waals surface area contributed by atoms with Crippen molar-refractivity contribution in [2.24, 2.45) is 0 Å². The Morgan fingerprint density at radius 2 is 1.71 bits per heavy atom. The van der Waals surface area contributed by atoms with E-state index in [0.29, 0.717) is 19.4 Å². The van der Waals surface area contributed by atoms with Crippen molar-refractivity contribution in [1.29, 1.82) is 0 Å². The number of amides is 2. The predicted octanol–water partition coefficient (Wildman–Crippen LogP) is 4.94. The van der Waals surface area contributed by atoms with E-state index < -0.39 is 18.1 Å². The Morgan fingerprint density at radius 3 is 2.34 bits per heavy atom. The van der Waals surface area contributed by atoms with Crippen molar-refractivity contribution < 1.29 is 24.2 Å². The summed E-state index contributed by atoms with van der Waals surface area (Å²) in [6.07, 6.45) is 3.88. The highest BCUT2D eigenvalue weighted by molar-refractivity contribution is 5.86. The Hall–Kier alpha value is -3.35. The number of likely N-dealkylation sites (tertiary alicyclic amines) is 1. The number of hydrogen-bond acceptors (Lipinski definition) is 4. The van der Waals surface area contributed by atoms with Crippen LogP contribution in [-0.2, 0) is 14.3 Å². The summed E-state index contributed by atoms with van der Waals surface area (Å²) in [5, 5.41) is 12.1. The second-order valence-corrected chi connectivity index (χ2v) is 9.44. The monoisotopic (exact) mass is 478 g/mol. The predicted molar refractivity (Wildman–Crippen MR) is 133 cm³/mol. The number of carboxylic acid groups (broad SMARTS) is 1. The number of fused-ring (bicyclic) bond motifs is 3. The van der Waals surface area contributed by atoms with Gasteiger partial charge in [-0.15, -0.1) is 0 Å². The number of carbonyl (C=O) groups is 3. The smallest absolute Gasteiger partial charge is 0.407 e. The molecule has 2 amide bonds. The van der Waals surface area contributed by atoms with Gasteiger partial charge in [-0.2, -0.15) is 0 Å². The molecule has 4 rings (SSSR count). The van der Waals surface area contributed by atoms with Crippen LogP contribution in [0.2, 0.25) is 0 Å². The number of benzene rings is 2. The van der Waals surface area contributed by atoms with E-state index in [-0.39, 0.29) is 30.9 Å². The highest BCUT2D eigenvalue weighted by Gasteiger charge is 2.34. The van der Waals surface area contributed by atoms with Crippen molar-refractivity contribution in [2.75, 3.05) is 13.2 Å². The van der Waals surface area contributed by atoms with E-state index in [1.807, 2.05) is 31.2 Å². The van der Waals surface area contributed by atoms with Gasteiger partial charge in [-0.25, -0.2) is 4.79 Å². The van der Waals surface area contributed by atoms with Crippen molar-refractivity contribution in [2.45, 2.75) is 69.9 Å². The van der Waals surface area contributed by atoms with Crippen LogP contribution in [-0.4, -0.2) is 53.2 Å². The lowest BCUT2D eigenvalue weighted by molar-refractivity contribution is -0.143. The van der Waals surface area contributed by atoms with Crippen LogP contribution in [0.15, 0.2) is 48.5 Å². The number of rotatable bonds is 9. The van der Waals surface area contributed by atoms with E-state index in [0.717, 1.165) is 47.9 Å². The molecule has 2 N–H and O–H groups in total. The molecule has 2 aromatic rings. The minimum atomic E-state index is -0.913. The van der Waals surface area contributed by atoms with Crippen LogP contribution in [0.5, 0.6) is 0 Å². The minimum Gasteiger partial charge on any atom is -0.481 e. The number of carbonyl (C=O) groups excluding carboxylic acids is 2. The Balaban J connectivity index is 1.43. The van der Waals surface area contributed by atoms with Gasteiger partial charge in [0.15, 0.2) is 0 Å². The Labute approximate surface area is 206 Å². The standard InChI is InChI=1S/C28H34N2O5/c1-2-3-15-25(27(33)30-16-9-8-10-19(30)17-26(31)32)29-28(34)35-18-24-22-13-6-4-11-20(22)21-12-5-7-14-23(21)24/h4-7,11-14,19,24-25H,2-3,8-10,15-18H2,1H3,(H,29,34)(H,31,32)/t19?,25-/m0/s1. The molecule has 0 spiro atoms. The summed E-state index contributed by atoms with van der Waals surface area (Å²) in [6.45, 7) is 2.73. The van der Waals surface area contributed by atoms with Gasteiger partial charge < -0.3 is 20.1 Å². The lowest BCUT2D eigenvalue weighted by Crippen LogP contribution is -2.54. The first kappa shape index (κ1) is 24.8. The summed E-state index contributed by atoms with van der Waals surface area (Å²) in [6, 6.07) is 15.2. The molecule has 1 unspecified atom stereocenters. The van der Waals surface area contributed by atoms with Crippen LogP contribution in [0.4, 0.5) is 4.79 Å². The number of hydrogen-bond donors (Lipinski definition) is 2. The maximum atomic E-state index is 13.4. The number of nitrogens with zero attached hydrogens (tertiary/aromatic N) is 1. The third kappa shape index (κ3) is 5.66. The molecule has 0 bridgehead atoms. The Bertz CT molecular complexity index is 1020. The molecular formula is C28H34N2O5. The van der Waals surface area contributed by atoms with Crippen LogP contribution < -0.4 is 5.32 Å². The molecule has 7 nitrogen and oxygen atoms in total. The molecule has 186 valence electrons. The number of carboxylic acids is 1. The summed E-state index contributed by atoms with van der Waals surface area (Å²) in [4.78, 5) is 39.2. The number of ether oxygens (including phenoxy) is 1. The zero-order valence-corrected chi connectivity index (χ0v) is 20.2. The topological polar surface area (TPSA) is 95.9 Å². The van der Waals surface area contributed by atoms with Crippen LogP contribution in [0.3, 0.4) is 0 Å². The number of alkyl carbamates (subject to hydrolysis) is 1. The van der Waals surface area contributed by atoms with Crippen molar-refractivity contribution in [3.63, 3.8) is 0 Å². The van der Waals surface area contributed by atoms with Gasteiger partial charge in [0, 0.05) is 18.5 Å². The van der Waals surface area contributed by atoms with Gasteiger partial charge in [-0.05, 0) is 47.9 Å². The van der Waals surface area contributed by atoms with E-state index in [4.69, 9.17) is 4.74 Å². The lowest BCUT2D eigenvalue weighted by Gasteiger charge is -2.37. The molecule has 7 heteroatoms. The second-order valence-electron chi connectivity index (χ2n) is 9.44. The number of piperidine rings is 1. The molecule has 1 aliphatic carbocycles. The fourth-order valence-corrected chi connectivity index (χ4v) is 5.35. The normalized spacial score (nSPS) is 17.9. The molecule has 0 radical (unpaired) electrons. The van der Waals surface area contributed by atoms with E-state index >= 15 is 0 Å². The molecule has 0 aromatic heterocycles. The number of aliphatic carboxylic acids is 1. The van der Waals surface area contributed by atoms with E-state index in [2.05, 4.69) is 29.6 Å². The Kier molecular flexibility index (Phi) is 8.06. The van der Waals surface area contributed by atoms with Crippen LogP contribution in [0.25, 0.3) is 11.1 Å². The average molecular weight is 479 g/mol. The summed E-state index contributed by atoms with van der Waals surface area (Å²) in [5.41, 5.74) is 4.57. The van der Waals surface area contributed by atoms with Gasteiger partial charge in [0.1, 0.15) is 12.6 Å². The fraction of sp³-hybridized carbons (Fsp3) is 0.464. The number of nitrogens with one attached hydrogen (secondary N) is 1. The Morgan fingerprint density at radius 1 is 1.06 bits per heavy atom. The van der Waals surface area contributed by atoms with E-state index in [1.165, 1.54) is 0 Å². The summed E-state index contributed by atoms with van der Waals surface area (Å²) in [5.74, 6) is -1.18. The van der Waals surface area contributed by atoms with Gasteiger partial charge in [-0.1, -0.05) is 68.3 Å². The van der Waals surface area contributed by atoms with E-state index in [9.17, 15) is 19.5 Å². The molecule has 1 fully saturated rings. The molecule has 1 aliphatic heterocycles. The third-order valence-electron chi connectivity index (χ3n) is 7.10. The van der Waals surface area contributed by atoms with Gasteiger partial charge in [-0.3, -0.25) is 9.59 Å². The molecular weight excluding hydrogens is 444 g/mol. The maximum Gasteiger partial charge on any atom is 0.407 e. The summed E-state index contributed by atoms with van der Waals surface area (Å²) in [7, 11) is 0. The zero-order valence-electron chi connectivity index (χ0n) is 20.2. The molecule has 1 saturated heterocycles. The van der Waals surface area contributed by atoms with Crippen molar-refractivity contribution in [3.8, 4) is 11.1 Å². The van der Waals surface area contributed by atoms with E-state index in [1.54, 1.807) is 4.90 Å². The third-order valence-corrected chi connectivity index (χ3v) is 7.10. The largest absolute Gasteiger partial charge is 0.481 e. The van der Waals surface area contributed by atoms with Crippen LogP contribution >= 0.6 is 0 Å². The first-order chi connectivity index (χ1) is 17.0. The zero-order chi connectivity index (χ0) is 24.8. The molecule has 2 aliphatic rings. The minimum absolute atomic E-state index is 0.0556. The highest BCUT2D eigenvalue weighted by atomic mass is 16.5. The van der Waals surface area contributed by atoms with Gasteiger partial charge in [0.25, 0.3) is 0 Å². The first-order valence-corrected chi connectivity index (χ1v) is 12.6. The SMILES string of the molecule is CCCC[C@H](NC(=O)OCC1c2ccccc2-c2ccccc21)C(=O)N1CCCCC1CC(=O)O. The fourth-order valence-electron chi connectivity index (χ4n) is 5.35. The molecule has 2 atom stereocenters. The number of unbranched alkanes of at least 4 members (excludes halogenated alkanes) is 1. The van der Waals surface area contributed by atoms with Gasteiger partial charge in [0.05, 0.1) is 6.42 Å². The second kappa shape index (κ2) is 11.4. The van der Waals surface area contributed by atoms with Crippen LogP contribution in [0.1, 0.15) is 68.9 Å². The molecule has 0 saturated carbocycles. The van der Waals surface area contributed by atoms with Gasteiger partial charge in [0.2, 0.25) is 5.91 Å². The van der Waals surface area contributed by atoms with Crippen LogP contribution in [0, 0.1) is 0 Å². The van der Waals surface area contributed by atoms with Crippen molar-refractivity contribution in [3.05, 3.63) is 59.7 Å². The van der Waals surface area contributed by atoms with Crippen molar-refractivity contribution in [1.82, 2.24) is 10.2 Å². The maximum absolute atomic E-state index is 13.4. The molecule has 2 aromatic carbocycles. The first-order valence-electron chi connectivity index (χ1n) is 12.6. The summed E-state index contributed by atoms with van der Waals surface area (Å²) < 4.78 is 5.66. The average Bonchev–Trinajstić information content (AvgIpc) is 3.18.